The molecule has 0 spiro atoms. The second kappa shape index (κ2) is 6.94. The molecule has 0 fully saturated rings. The summed E-state index contributed by atoms with van der Waals surface area (Å²) < 4.78 is 0. The van der Waals surface area contributed by atoms with Gasteiger partial charge < -0.3 is 10.6 Å². The fourth-order valence-corrected chi connectivity index (χ4v) is 1.61. The molecule has 1 rings (SSSR count). The van der Waals surface area contributed by atoms with Crippen LogP contribution in [0.1, 0.15) is 37.3 Å². The first-order chi connectivity index (χ1) is 8.13. The molecule has 0 bridgehead atoms. The van der Waals surface area contributed by atoms with Gasteiger partial charge in [-0.1, -0.05) is 31.9 Å². The van der Waals surface area contributed by atoms with Crippen molar-refractivity contribution >= 4 is 11.7 Å². The van der Waals surface area contributed by atoms with Crippen LogP contribution in [0, 0.1) is 13.8 Å². The van der Waals surface area contributed by atoms with Crippen LogP contribution in [0.4, 0.5) is 10.5 Å². The van der Waals surface area contributed by atoms with Crippen LogP contribution in [0.15, 0.2) is 18.2 Å². The summed E-state index contributed by atoms with van der Waals surface area (Å²) in [6.45, 7) is 6.90. The summed E-state index contributed by atoms with van der Waals surface area (Å²) >= 11 is 0. The number of urea groups is 1. The highest BCUT2D eigenvalue weighted by molar-refractivity contribution is 5.90. The first-order valence-electron chi connectivity index (χ1n) is 6.25. The number of amides is 2. The van der Waals surface area contributed by atoms with Gasteiger partial charge in [-0.3, -0.25) is 0 Å². The average Bonchev–Trinajstić information content (AvgIpc) is 2.29. The molecule has 2 N–H and O–H groups in total. The number of unbranched alkanes of at least 4 members (excludes halogenated alkanes) is 2. The van der Waals surface area contributed by atoms with E-state index in [1.165, 1.54) is 6.42 Å². The van der Waals surface area contributed by atoms with Crippen molar-refractivity contribution in [3.8, 4) is 0 Å². The minimum absolute atomic E-state index is 0.116. The minimum Gasteiger partial charge on any atom is -0.338 e. The Bertz CT molecular complexity index is 374. The van der Waals surface area contributed by atoms with Crippen LogP contribution in [0.2, 0.25) is 0 Å². The Labute approximate surface area is 104 Å². The van der Waals surface area contributed by atoms with E-state index < -0.39 is 0 Å². The molecule has 0 saturated carbocycles. The molecule has 0 heterocycles. The van der Waals surface area contributed by atoms with Crippen LogP contribution in [-0.2, 0) is 0 Å². The van der Waals surface area contributed by atoms with Gasteiger partial charge in [-0.05, 0) is 37.5 Å². The fourth-order valence-electron chi connectivity index (χ4n) is 1.61. The van der Waals surface area contributed by atoms with E-state index in [1.54, 1.807) is 0 Å². The SMILES string of the molecule is CCCCCNC(=O)Nc1cc(C)ccc1C. The second-order valence-electron chi connectivity index (χ2n) is 4.41. The lowest BCUT2D eigenvalue weighted by Gasteiger charge is -2.10. The van der Waals surface area contributed by atoms with Gasteiger partial charge in [-0.2, -0.15) is 0 Å². The summed E-state index contributed by atoms with van der Waals surface area (Å²) in [5.74, 6) is 0. The van der Waals surface area contributed by atoms with Crippen molar-refractivity contribution in [1.29, 1.82) is 0 Å². The van der Waals surface area contributed by atoms with E-state index in [-0.39, 0.29) is 6.03 Å². The number of carbonyl (C=O) groups is 1. The highest BCUT2D eigenvalue weighted by atomic mass is 16.2. The van der Waals surface area contributed by atoms with Crippen molar-refractivity contribution in [2.75, 3.05) is 11.9 Å². The molecule has 94 valence electrons. The van der Waals surface area contributed by atoms with Crippen LogP contribution in [0.5, 0.6) is 0 Å². The van der Waals surface area contributed by atoms with Crippen LogP contribution >= 0.6 is 0 Å². The predicted octanol–water partition coefficient (Wildman–Crippen LogP) is 3.62. The van der Waals surface area contributed by atoms with Crippen molar-refractivity contribution in [3.05, 3.63) is 29.3 Å². The van der Waals surface area contributed by atoms with Crippen LogP contribution in [-0.4, -0.2) is 12.6 Å². The average molecular weight is 234 g/mol. The fraction of sp³-hybridized carbons (Fsp3) is 0.500. The Balaban J connectivity index is 2.42. The second-order valence-corrected chi connectivity index (χ2v) is 4.41. The zero-order valence-corrected chi connectivity index (χ0v) is 11.0. The third-order valence-corrected chi connectivity index (χ3v) is 2.71. The van der Waals surface area contributed by atoms with Gasteiger partial charge in [0.1, 0.15) is 0 Å². The van der Waals surface area contributed by atoms with Crippen LogP contribution in [0.25, 0.3) is 0 Å². The largest absolute Gasteiger partial charge is 0.338 e. The maximum atomic E-state index is 11.6. The molecule has 0 saturated heterocycles. The van der Waals surface area contributed by atoms with E-state index in [9.17, 15) is 4.79 Å². The molecular formula is C14H22N2O. The lowest BCUT2D eigenvalue weighted by atomic mass is 10.1. The number of aryl methyl sites for hydroxylation is 2. The summed E-state index contributed by atoms with van der Waals surface area (Å²) in [5, 5.41) is 5.74. The first kappa shape index (κ1) is 13.6. The number of hydrogen-bond donors (Lipinski definition) is 2. The third-order valence-electron chi connectivity index (χ3n) is 2.71. The number of nitrogens with one attached hydrogen (secondary N) is 2. The Morgan fingerprint density at radius 2 is 2.00 bits per heavy atom. The number of anilines is 1. The predicted molar refractivity (Wildman–Crippen MR) is 72.5 cm³/mol. The summed E-state index contributed by atoms with van der Waals surface area (Å²) in [7, 11) is 0. The Kier molecular flexibility index (Phi) is 5.53. The Hall–Kier alpha value is -1.51. The topological polar surface area (TPSA) is 41.1 Å². The van der Waals surface area contributed by atoms with Crippen molar-refractivity contribution in [2.24, 2.45) is 0 Å². The summed E-state index contributed by atoms with van der Waals surface area (Å²) in [6.07, 6.45) is 3.36. The normalized spacial score (nSPS) is 10.1. The Morgan fingerprint density at radius 1 is 1.24 bits per heavy atom. The zero-order chi connectivity index (χ0) is 12.7. The van der Waals surface area contributed by atoms with E-state index in [0.29, 0.717) is 0 Å². The summed E-state index contributed by atoms with van der Waals surface area (Å²) in [6, 6.07) is 5.93. The van der Waals surface area contributed by atoms with Crippen LogP contribution in [0.3, 0.4) is 0 Å². The van der Waals surface area contributed by atoms with Crippen molar-refractivity contribution in [1.82, 2.24) is 5.32 Å². The molecule has 0 aliphatic rings. The monoisotopic (exact) mass is 234 g/mol. The zero-order valence-electron chi connectivity index (χ0n) is 11.0. The van der Waals surface area contributed by atoms with Crippen molar-refractivity contribution < 1.29 is 4.79 Å². The van der Waals surface area contributed by atoms with E-state index in [4.69, 9.17) is 0 Å². The molecule has 1 aromatic carbocycles. The van der Waals surface area contributed by atoms with Gasteiger partial charge in [0, 0.05) is 12.2 Å². The lowest BCUT2D eigenvalue weighted by molar-refractivity contribution is 0.252. The number of carbonyl (C=O) groups excluding carboxylic acids is 1. The third kappa shape index (κ3) is 4.89. The van der Waals surface area contributed by atoms with Gasteiger partial charge in [0.05, 0.1) is 0 Å². The smallest absolute Gasteiger partial charge is 0.319 e. The number of benzene rings is 1. The van der Waals surface area contributed by atoms with Gasteiger partial charge in [-0.25, -0.2) is 4.79 Å². The molecule has 0 aromatic heterocycles. The maximum absolute atomic E-state index is 11.6. The molecule has 0 radical (unpaired) electrons. The van der Waals surface area contributed by atoms with Crippen LogP contribution < -0.4 is 10.6 Å². The van der Waals surface area contributed by atoms with E-state index in [1.807, 2.05) is 32.0 Å². The van der Waals surface area contributed by atoms with E-state index >= 15 is 0 Å². The maximum Gasteiger partial charge on any atom is 0.319 e. The Morgan fingerprint density at radius 3 is 2.71 bits per heavy atom. The molecule has 0 aliphatic heterocycles. The van der Waals surface area contributed by atoms with Gasteiger partial charge in [0.25, 0.3) is 0 Å². The van der Waals surface area contributed by atoms with Gasteiger partial charge in [-0.15, -0.1) is 0 Å². The quantitative estimate of drug-likeness (QED) is 0.751. The molecule has 3 nitrogen and oxygen atoms in total. The molecule has 0 atom stereocenters. The summed E-state index contributed by atoms with van der Waals surface area (Å²) in [5.41, 5.74) is 3.12. The number of rotatable bonds is 5. The highest BCUT2D eigenvalue weighted by Crippen LogP contribution is 2.15. The van der Waals surface area contributed by atoms with Crippen molar-refractivity contribution in [3.63, 3.8) is 0 Å². The lowest BCUT2D eigenvalue weighted by Crippen LogP contribution is -2.29. The van der Waals surface area contributed by atoms with Gasteiger partial charge >= 0.3 is 6.03 Å². The number of hydrogen-bond acceptors (Lipinski definition) is 1. The first-order valence-corrected chi connectivity index (χ1v) is 6.25. The molecule has 0 unspecified atom stereocenters. The molecule has 3 heteroatoms. The molecule has 0 aliphatic carbocycles. The van der Waals surface area contributed by atoms with E-state index in [2.05, 4.69) is 17.6 Å². The van der Waals surface area contributed by atoms with E-state index in [0.717, 1.165) is 36.2 Å². The van der Waals surface area contributed by atoms with Gasteiger partial charge in [0.15, 0.2) is 0 Å². The van der Waals surface area contributed by atoms with Crippen molar-refractivity contribution in [2.45, 2.75) is 40.0 Å². The minimum atomic E-state index is -0.116. The standard InChI is InChI=1S/C14H22N2O/c1-4-5-6-9-15-14(17)16-13-10-11(2)7-8-12(13)3/h7-8,10H,4-6,9H2,1-3H3,(H2,15,16,17). The molecular weight excluding hydrogens is 212 g/mol. The van der Waals surface area contributed by atoms with Gasteiger partial charge in [0.2, 0.25) is 0 Å². The highest BCUT2D eigenvalue weighted by Gasteiger charge is 2.03. The molecule has 2 amide bonds. The molecule has 1 aromatic rings. The summed E-state index contributed by atoms with van der Waals surface area (Å²) in [4.78, 5) is 11.6. The molecule has 17 heavy (non-hydrogen) atoms.